The van der Waals surface area contributed by atoms with Crippen LogP contribution >= 0.6 is 0 Å². The second-order valence-electron chi connectivity index (χ2n) is 5.06. The van der Waals surface area contributed by atoms with Crippen LogP contribution in [0.1, 0.15) is 48.4 Å². The van der Waals surface area contributed by atoms with E-state index in [2.05, 4.69) is 11.2 Å². The van der Waals surface area contributed by atoms with Crippen LogP contribution in [0.15, 0.2) is 24.3 Å². The average molecular weight is 283 g/mol. The highest BCUT2D eigenvalue weighted by molar-refractivity contribution is 5.90. The first-order valence-electron chi connectivity index (χ1n) is 6.84. The Bertz CT molecular complexity index is 706. The number of aromatic carboxylic acids is 1. The predicted octanol–water partition coefficient (Wildman–Crippen LogP) is 3.26. The molecule has 0 aliphatic heterocycles. The molecule has 2 rings (SSSR count). The van der Waals surface area contributed by atoms with E-state index in [0.29, 0.717) is 17.7 Å². The fourth-order valence-corrected chi connectivity index (χ4v) is 2.34. The van der Waals surface area contributed by atoms with Crippen molar-refractivity contribution >= 4 is 5.97 Å². The Labute approximate surface area is 123 Å². The molecule has 2 aromatic rings. The molecule has 0 bridgehead atoms. The summed E-state index contributed by atoms with van der Waals surface area (Å²) in [4.78, 5) is 11.5. The van der Waals surface area contributed by atoms with Gasteiger partial charge in [0.2, 0.25) is 0 Å². The lowest BCUT2D eigenvalue weighted by molar-refractivity contribution is 0.0680. The third-order valence-corrected chi connectivity index (χ3v) is 3.34. The minimum atomic E-state index is -0.965. The quantitative estimate of drug-likeness (QED) is 0.934. The van der Waals surface area contributed by atoms with Gasteiger partial charge in [-0.05, 0) is 32.4 Å². The number of benzene rings is 1. The molecule has 0 saturated heterocycles. The molecule has 0 saturated carbocycles. The highest BCUT2D eigenvalue weighted by Crippen LogP contribution is 2.28. The van der Waals surface area contributed by atoms with Gasteiger partial charge in [-0.25, -0.2) is 4.79 Å². The summed E-state index contributed by atoms with van der Waals surface area (Å²) in [6.45, 7) is 5.73. The summed E-state index contributed by atoms with van der Waals surface area (Å²) in [6.07, 6.45) is 0.587. The van der Waals surface area contributed by atoms with Gasteiger partial charge in [0.15, 0.2) is 0 Å². The molecule has 0 radical (unpaired) electrons. The Balaban J connectivity index is 2.65. The van der Waals surface area contributed by atoms with Gasteiger partial charge in [-0.15, -0.1) is 0 Å². The van der Waals surface area contributed by atoms with Crippen LogP contribution in [0.4, 0.5) is 0 Å². The molecule has 1 aromatic carbocycles. The summed E-state index contributed by atoms with van der Waals surface area (Å²) in [5.74, 6) is -0.965. The molecule has 0 fully saturated rings. The number of carboxylic acid groups (broad SMARTS) is 1. The smallest absolute Gasteiger partial charge is 0.354 e. The monoisotopic (exact) mass is 283 g/mol. The number of hydrogen-bond donors (Lipinski definition) is 1. The minimum absolute atomic E-state index is 0.0338. The molecule has 5 heteroatoms. The number of aromatic nitrogens is 2. The lowest BCUT2D eigenvalue weighted by Gasteiger charge is -2.08. The van der Waals surface area contributed by atoms with E-state index in [1.165, 1.54) is 0 Å². The lowest BCUT2D eigenvalue weighted by Crippen LogP contribution is -2.13. The van der Waals surface area contributed by atoms with Gasteiger partial charge in [0, 0.05) is 17.2 Å². The van der Waals surface area contributed by atoms with Crippen molar-refractivity contribution in [2.75, 3.05) is 0 Å². The number of nitriles is 1. The van der Waals surface area contributed by atoms with E-state index in [0.717, 1.165) is 11.1 Å². The van der Waals surface area contributed by atoms with Crippen molar-refractivity contribution in [1.82, 2.24) is 9.78 Å². The van der Waals surface area contributed by atoms with Crippen LogP contribution < -0.4 is 0 Å². The molecule has 1 N–H and O–H groups in total. The second-order valence-corrected chi connectivity index (χ2v) is 5.06. The van der Waals surface area contributed by atoms with Gasteiger partial charge in [-0.1, -0.05) is 19.1 Å². The van der Waals surface area contributed by atoms with Crippen molar-refractivity contribution in [2.45, 2.75) is 33.2 Å². The third kappa shape index (κ3) is 2.65. The van der Waals surface area contributed by atoms with Crippen molar-refractivity contribution in [3.05, 3.63) is 41.1 Å². The molecular weight excluding hydrogens is 266 g/mol. The van der Waals surface area contributed by atoms with E-state index < -0.39 is 5.97 Å². The summed E-state index contributed by atoms with van der Waals surface area (Å²) >= 11 is 0. The van der Waals surface area contributed by atoms with Gasteiger partial charge in [0.05, 0.1) is 17.3 Å². The lowest BCUT2D eigenvalue weighted by atomic mass is 10.0. The summed E-state index contributed by atoms with van der Waals surface area (Å²) in [6, 6.07) is 9.06. The number of hydrogen-bond acceptors (Lipinski definition) is 3. The summed E-state index contributed by atoms with van der Waals surface area (Å²) in [5, 5.41) is 22.8. The molecule has 1 heterocycles. The van der Waals surface area contributed by atoms with Gasteiger partial charge in [-0.3, -0.25) is 4.68 Å². The van der Waals surface area contributed by atoms with E-state index in [-0.39, 0.29) is 11.7 Å². The zero-order valence-corrected chi connectivity index (χ0v) is 12.3. The molecule has 21 heavy (non-hydrogen) atoms. The van der Waals surface area contributed by atoms with E-state index in [1.807, 2.05) is 20.8 Å². The molecule has 5 nitrogen and oxygen atoms in total. The highest BCUT2D eigenvalue weighted by atomic mass is 16.4. The molecule has 0 aliphatic carbocycles. The Hall–Kier alpha value is -2.61. The first-order chi connectivity index (χ1) is 9.99. The zero-order chi connectivity index (χ0) is 15.6. The average Bonchev–Trinajstić information content (AvgIpc) is 2.87. The Morgan fingerprint density at radius 1 is 1.38 bits per heavy atom. The molecule has 108 valence electrons. The maximum Gasteiger partial charge on any atom is 0.354 e. The van der Waals surface area contributed by atoms with Gasteiger partial charge in [-0.2, -0.15) is 10.4 Å². The van der Waals surface area contributed by atoms with Crippen LogP contribution in [-0.2, 0) is 6.42 Å². The van der Waals surface area contributed by atoms with Gasteiger partial charge < -0.3 is 5.11 Å². The number of nitrogens with zero attached hydrogens (tertiary/aromatic N) is 3. The highest BCUT2D eigenvalue weighted by Gasteiger charge is 2.23. The standard InChI is InChI=1S/C16H17N3O2/c1-4-13-14(12-7-5-11(9-17)6-8-12)18-19(10(2)3)15(13)16(20)21/h5-8,10H,4H2,1-3H3,(H,20,21). The Morgan fingerprint density at radius 2 is 2.00 bits per heavy atom. The van der Waals surface area contributed by atoms with E-state index in [9.17, 15) is 9.90 Å². The van der Waals surface area contributed by atoms with Crippen LogP contribution in [0.5, 0.6) is 0 Å². The maximum atomic E-state index is 11.5. The largest absolute Gasteiger partial charge is 0.477 e. The Kier molecular flexibility index (Phi) is 4.08. The summed E-state index contributed by atoms with van der Waals surface area (Å²) < 4.78 is 1.55. The molecule has 0 atom stereocenters. The molecule has 0 amide bonds. The number of rotatable bonds is 4. The third-order valence-electron chi connectivity index (χ3n) is 3.34. The second kappa shape index (κ2) is 5.80. The van der Waals surface area contributed by atoms with Crippen molar-refractivity contribution in [3.63, 3.8) is 0 Å². The number of carbonyl (C=O) groups is 1. The number of carboxylic acids is 1. The summed E-state index contributed by atoms with van der Waals surface area (Å²) in [7, 11) is 0. The topological polar surface area (TPSA) is 78.9 Å². The van der Waals surface area contributed by atoms with E-state index in [1.54, 1.807) is 28.9 Å². The van der Waals surface area contributed by atoms with E-state index >= 15 is 0 Å². The van der Waals surface area contributed by atoms with Crippen LogP contribution in [0.3, 0.4) is 0 Å². The van der Waals surface area contributed by atoms with Gasteiger partial charge >= 0.3 is 5.97 Å². The first kappa shape index (κ1) is 14.8. The van der Waals surface area contributed by atoms with Gasteiger partial charge in [0.25, 0.3) is 0 Å². The maximum absolute atomic E-state index is 11.5. The van der Waals surface area contributed by atoms with Crippen LogP contribution in [0.2, 0.25) is 0 Å². The zero-order valence-electron chi connectivity index (χ0n) is 12.3. The SMILES string of the molecule is CCc1c(-c2ccc(C#N)cc2)nn(C(C)C)c1C(=O)O. The molecule has 1 aromatic heterocycles. The van der Waals surface area contributed by atoms with Crippen LogP contribution in [-0.4, -0.2) is 20.9 Å². The summed E-state index contributed by atoms with van der Waals surface area (Å²) in [5.41, 5.74) is 3.03. The van der Waals surface area contributed by atoms with Gasteiger partial charge in [0.1, 0.15) is 5.69 Å². The predicted molar refractivity (Wildman–Crippen MR) is 79.1 cm³/mol. The fourth-order valence-electron chi connectivity index (χ4n) is 2.34. The molecule has 0 spiro atoms. The molecule has 0 aliphatic rings. The Morgan fingerprint density at radius 3 is 2.43 bits per heavy atom. The van der Waals surface area contributed by atoms with Crippen molar-refractivity contribution in [2.24, 2.45) is 0 Å². The van der Waals surface area contributed by atoms with Crippen LogP contribution in [0.25, 0.3) is 11.3 Å². The normalized spacial score (nSPS) is 10.6. The fraction of sp³-hybridized carbons (Fsp3) is 0.312. The first-order valence-corrected chi connectivity index (χ1v) is 6.84. The van der Waals surface area contributed by atoms with Crippen LogP contribution in [0, 0.1) is 11.3 Å². The molecule has 0 unspecified atom stereocenters. The molecular formula is C16H17N3O2. The van der Waals surface area contributed by atoms with Crippen molar-refractivity contribution < 1.29 is 9.90 Å². The van der Waals surface area contributed by atoms with E-state index in [4.69, 9.17) is 5.26 Å². The van der Waals surface area contributed by atoms with Crippen molar-refractivity contribution in [1.29, 1.82) is 5.26 Å². The minimum Gasteiger partial charge on any atom is -0.477 e. The van der Waals surface area contributed by atoms with Crippen molar-refractivity contribution in [3.8, 4) is 17.3 Å².